The second-order valence-electron chi connectivity index (χ2n) is 6.36. The molecule has 0 amide bonds. The smallest absolute Gasteiger partial charge is 0.318 e. The summed E-state index contributed by atoms with van der Waals surface area (Å²) in [4.78, 5) is 8.20. The molecule has 8 heteroatoms. The number of nitrogens with zero attached hydrogens (tertiary/aromatic N) is 5. The lowest BCUT2D eigenvalue weighted by atomic mass is 10.2. The Kier molecular flexibility index (Phi) is 4.66. The Hall–Kier alpha value is -2.22. The maximum atomic E-state index is 13.9. The number of alkyl halides is 1. The van der Waals surface area contributed by atoms with Gasteiger partial charge < -0.3 is 14.4 Å². The third-order valence-electron chi connectivity index (χ3n) is 4.16. The van der Waals surface area contributed by atoms with E-state index in [1.54, 1.807) is 19.1 Å². The molecule has 1 N–H and O–H groups in total. The van der Waals surface area contributed by atoms with E-state index in [1.165, 1.54) is 0 Å². The second kappa shape index (κ2) is 6.72. The summed E-state index contributed by atoms with van der Waals surface area (Å²) >= 11 is 0. The van der Waals surface area contributed by atoms with Crippen molar-refractivity contribution in [2.75, 3.05) is 25.0 Å². The van der Waals surface area contributed by atoms with Gasteiger partial charge in [0.1, 0.15) is 11.9 Å². The Morgan fingerprint density at radius 2 is 2.17 bits per heavy atom. The van der Waals surface area contributed by atoms with Crippen molar-refractivity contribution in [1.29, 1.82) is 0 Å². The predicted octanol–water partition coefficient (Wildman–Crippen LogP) is 1.84. The van der Waals surface area contributed by atoms with E-state index in [1.807, 2.05) is 23.8 Å². The van der Waals surface area contributed by atoms with Crippen LogP contribution >= 0.6 is 0 Å². The zero-order valence-electron chi connectivity index (χ0n) is 14.1. The molecule has 0 aliphatic carbocycles. The molecule has 0 radical (unpaired) electrons. The molecule has 130 valence electrons. The van der Waals surface area contributed by atoms with Crippen LogP contribution in [0.1, 0.15) is 23.7 Å². The molecule has 0 unspecified atom stereocenters. The first-order valence-electron chi connectivity index (χ1n) is 7.97. The Balaban J connectivity index is 1.68. The minimum absolute atomic E-state index is 0.0585. The molecule has 2 atom stereocenters. The quantitative estimate of drug-likeness (QED) is 0.893. The second-order valence-corrected chi connectivity index (χ2v) is 6.36. The van der Waals surface area contributed by atoms with Crippen molar-refractivity contribution in [3.63, 3.8) is 0 Å². The van der Waals surface area contributed by atoms with Gasteiger partial charge in [0.05, 0.1) is 12.2 Å². The molecule has 0 bridgehead atoms. The van der Waals surface area contributed by atoms with E-state index in [4.69, 9.17) is 4.42 Å². The van der Waals surface area contributed by atoms with Gasteiger partial charge >= 0.3 is 6.01 Å². The summed E-state index contributed by atoms with van der Waals surface area (Å²) in [7, 11) is 1.92. The Labute approximate surface area is 140 Å². The number of rotatable bonds is 5. The largest absolute Gasteiger partial charge is 0.506 e. The van der Waals surface area contributed by atoms with E-state index in [-0.39, 0.29) is 18.3 Å². The van der Waals surface area contributed by atoms with E-state index in [0.29, 0.717) is 37.1 Å². The number of likely N-dealkylation sites (N-methyl/N-ethyl adjacent to an activating group) is 1. The van der Waals surface area contributed by atoms with Gasteiger partial charge in [-0.2, -0.15) is 0 Å². The molecule has 1 fully saturated rings. The molecule has 1 aliphatic rings. The molecule has 0 saturated carbocycles. The van der Waals surface area contributed by atoms with Crippen LogP contribution in [0.25, 0.3) is 0 Å². The molecule has 3 rings (SSSR count). The highest BCUT2D eigenvalue weighted by Gasteiger charge is 2.35. The van der Waals surface area contributed by atoms with E-state index in [2.05, 4.69) is 15.2 Å². The van der Waals surface area contributed by atoms with Gasteiger partial charge in [0.25, 0.3) is 0 Å². The number of pyridine rings is 1. The molecular weight excluding hydrogens is 313 g/mol. The van der Waals surface area contributed by atoms with Crippen LogP contribution in [-0.4, -0.2) is 57.5 Å². The number of aryl methyl sites for hydroxylation is 2. The average Bonchev–Trinajstić information content (AvgIpc) is 3.08. The summed E-state index contributed by atoms with van der Waals surface area (Å²) < 4.78 is 19.4. The van der Waals surface area contributed by atoms with E-state index in [0.717, 1.165) is 5.69 Å². The third-order valence-corrected chi connectivity index (χ3v) is 4.16. The monoisotopic (exact) mass is 335 g/mol. The number of hydrogen-bond donors (Lipinski definition) is 1. The average molecular weight is 335 g/mol. The van der Waals surface area contributed by atoms with Gasteiger partial charge in [0.15, 0.2) is 0 Å². The van der Waals surface area contributed by atoms with Gasteiger partial charge in [-0.1, -0.05) is 5.10 Å². The van der Waals surface area contributed by atoms with Gasteiger partial charge in [-0.05, 0) is 26.1 Å². The number of anilines is 1. The van der Waals surface area contributed by atoms with Crippen molar-refractivity contribution in [1.82, 2.24) is 20.1 Å². The van der Waals surface area contributed by atoms with Crippen molar-refractivity contribution >= 4 is 6.01 Å². The standard InChI is InChI=1S/C16H22FN5O2/c1-10-4-5-15(23)14(18-10)9-21(3)8-13-6-12(17)7-22(13)16-20-19-11(2)24-16/h4-5,12-13,23H,6-9H2,1-3H3/t12-,13-/m0/s1. The van der Waals surface area contributed by atoms with Gasteiger partial charge in [0.2, 0.25) is 5.89 Å². The third kappa shape index (κ3) is 3.64. The van der Waals surface area contributed by atoms with Crippen LogP contribution in [0.2, 0.25) is 0 Å². The van der Waals surface area contributed by atoms with Crippen molar-refractivity contribution < 1.29 is 13.9 Å². The molecule has 2 aromatic rings. The maximum Gasteiger partial charge on any atom is 0.318 e. The summed E-state index contributed by atoms with van der Waals surface area (Å²) in [6.45, 7) is 4.95. The van der Waals surface area contributed by atoms with E-state index >= 15 is 0 Å². The molecule has 7 nitrogen and oxygen atoms in total. The van der Waals surface area contributed by atoms with Gasteiger partial charge in [-0.3, -0.25) is 9.88 Å². The molecular formula is C16H22FN5O2. The molecule has 24 heavy (non-hydrogen) atoms. The molecule has 3 heterocycles. The number of aromatic hydroxyl groups is 1. The molecule has 0 aromatic carbocycles. The minimum Gasteiger partial charge on any atom is -0.506 e. The zero-order chi connectivity index (χ0) is 17.3. The minimum atomic E-state index is -0.916. The van der Waals surface area contributed by atoms with Crippen LogP contribution in [-0.2, 0) is 6.54 Å². The van der Waals surface area contributed by atoms with E-state index < -0.39 is 6.17 Å². The van der Waals surface area contributed by atoms with Gasteiger partial charge in [-0.25, -0.2) is 4.39 Å². The summed E-state index contributed by atoms with van der Waals surface area (Å²) in [6.07, 6.45) is -0.500. The Morgan fingerprint density at radius 3 is 2.88 bits per heavy atom. The summed E-state index contributed by atoms with van der Waals surface area (Å²) in [5.74, 6) is 0.639. The number of aromatic nitrogens is 3. The van der Waals surface area contributed by atoms with E-state index in [9.17, 15) is 9.50 Å². The first-order chi connectivity index (χ1) is 11.4. The maximum absolute atomic E-state index is 13.9. The molecule has 1 saturated heterocycles. The van der Waals surface area contributed by atoms with Gasteiger partial charge in [0, 0.05) is 38.2 Å². The first kappa shape index (κ1) is 16.6. The lowest BCUT2D eigenvalue weighted by molar-refractivity contribution is 0.281. The summed E-state index contributed by atoms with van der Waals surface area (Å²) in [5.41, 5.74) is 1.47. The highest BCUT2D eigenvalue weighted by atomic mass is 19.1. The van der Waals surface area contributed by atoms with Crippen molar-refractivity contribution in [2.24, 2.45) is 0 Å². The fraction of sp³-hybridized carbons (Fsp3) is 0.562. The van der Waals surface area contributed by atoms with Crippen LogP contribution in [0.5, 0.6) is 5.75 Å². The van der Waals surface area contributed by atoms with Crippen molar-refractivity contribution in [3.05, 3.63) is 29.4 Å². The first-order valence-corrected chi connectivity index (χ1v) is 7.97. The summed E-state index contributed by atoms with van der Waals surface area (Å²) in [5, 5.41) is 17.7. The Bertz CT molecular complexity index is 708. The van der Waals surface area contributed by atoms with Crippen LogP contribution in [0.4, 0.5) is 10.4 Å². The van der Waals surface area contributed by atoms with Crippen LogP contribution in [0.15, 0.2) is 16.5 Å². The fourth-order valence-corrected chi connectivity index (χ4v) is 3.07. The van der Waals surface area contributed by atoms with Gasteiger partial charge in [-0.15, -0.1) is 5.10 Å². The summed E-state index contributed by atoms with van der Waals surface area (Å²) in [6, 6.07) is 3.72. The topological polar surface area (TPSA) is 78.5 Å². The number of hydrogen-bond acceptors (Lipinski definition) is 7. The lowest BCUT2D eigenvalue weighted by Gasteiger charge is -2.27. The highest BCUT2D eigenvalue weighted by Crippen LogP contribution is 2.27. The zero-order valence-corrected chi connectivity index (χ0v) is 14.1. The normalized spacial score (nSPS) is 21.0. The predicted molar refractivity (Wildman–Crippen MR) is 86.7 cm³/mol. The SMILES string of the molecule is Cc1ccc(O)c(CN(C)C[C@@H]2C[C@H](F)CN2c2nnc(C)o2)n1. The molecule has 1 aliphatic heterocycles. The van der Waals surface area contributed by atoms with Crippen LogP contribution < -0.4 is 4.90 Å². The van der Waals surface area contributed by atoms with Crippen LogP contribution in [0.3, 0.4) is 0 Å². The van der Waals surface area contributed by atoms with Crippen molar-refractivity contribution in [3.8, 4) is 5.75 Å². The lowest BCUT2D eigenvalue weighted by Crippen LogP contribution is -2.39. The van der Waals surface area contributed by atoms with Crippen molar-refractivity contribution in [2.45, 2.75) is 39.0 Å². The molecule has 0 spiro atoms. The molecule has 2 aromatic heterocycles. The fourth-order valence-electron chi connectivity index (χ4n) is 3.07. The Morgan fingerprint density at radius 1 is 1.38 bits per heavy atom. The highest BCUT2D eigenvalue weighted by molar-refractivity contribution is 5.31. The number of halogens is 1. The van der Waals surface area contributed by atoms with Crippen LogP contribution in [0, 0.1) is 13.8 Å².